The average molecular weight is 475 g/mol. The number of piperazine rings is 1. The van der Waals surface area contributed by atoms with Crippen molar-refractivity contribution in [1.82, 2.24) is 19.5 Å². The van der Waals surface area contributed by atoms with Gasteiger partial charge in [-0.2, -0.15) is 4.31 Å². The third-order valence-corrected chi connectivity index (χ3v) is 7.28. The van der Waals surface area contributed by atoms with Crippen molar-refractivity contribution >= 4 is 39.1 Å². The molecule has 0 saturated carbocycles. The van der Waals surface area contributed by atoms with Crippen molar-refractivity contribution in [1.29, 1.82) is 0 Å². The molecule has 0 aliphatic carbocycles. The van der Waals surface area contributed by atoms with Crippen molar-refractivity contribution in [3.05, 3.63) is 59.2 Å². The average Bonchev–Trinajstić information content (AvgIpc) is 2.80. The summed E-state index contributed by atoms with van der Waals surface area (Å²) in [5.41, 5.74) is 1.09. The van der Waals surface area contributed by atoms with E-state index in [0.717, 1.165) is 5.56 Å². The lowest BCUT2D eigenvalue weighted by Gasteiger charge is -2.34. The Morgan fingerprint density at radius 1 is 1.00 bits per heavy atom. The van der Waals surface area contributed by atoms with Gasteiger partial charge < -0.3 is 15.0 Å². The number of aryl methyl sites for hydroxylation is 1. The van der Waals surface area contributed by atoms with Crippen molar-refractivity contribution < 1.29 is 13.2 Å². The molecule has 2 aromatic heterocycles. The van der Waals surface area contributed by atoms with Crippen LogP contribution in [0.1, 0.15) is 5.56 Å². The molecule has 1 aromatic carbocycles. The second kappa shape index (κ2) is 9.27. The Morgan fingerprint density at radius 2 is 1.78 bits per heavy atom. The van der Waals surface area contributed by atoms with E-state index >= 15 is 0 Å². The molecular formula is C21H23ClN6O3S. The zero-order valence-electron chi connectivity index (χ0n) is 17.7. The van der Waals surface area contributed by atoms with Gasteiger partial charge in [0.2, 0.25) is 10.0 Å². The van der Waals surface area contributed by atoms with E-state index in [-0.39, 0.29) is 10.6 Å². The number of nitrogens with one attached hydrogen (secondary N) is 1. The summed E-state index contributed by atoms with van der Waals surface area (Å²) in [6.45, 7) is 3.59. The van der Waals surface area contributed by atoms with Crippen LogP contribution in [0.15, 0.2) is 53.6 Å². The van der Waals surface area contributed by atoms with E-state index in [9.17, 15) is 8.42 Å². The third-order valence-electron chi connectivity index (χ3n) is 5.13. The molecule has 0 bridgehead atoms. The Morgan fingerprint density at radius 3 is 2.44 bits per heavy atom. The van der Waals surface area contributed by atoms with Gasteiger partial charge in [0.25, 0.3) is 0 Å². The Kier molecular flexibility index (Phi) is 6.45. The van der Waals surface area contributed by atoms with Crippen LogP contribution in [0.4, 0.5) is 17.5 Å². The molecule has 1 saturated heterocycles. The fourth-order valence-corrected chi connectivity index (χ4v) is 5.29. The van der Waals surface area contributed by atoms with Crippen LogP contribution in [-0.4, -0.2) is 61.2 Å². The number of benzene rings is 1. The van der Waals surface area contributed by atoms with Crippen LogP contribution in [-0.2, 0) is 10.0 Å². The first kappa shape index (κ1) is 22.3. The second-order valence-electron chi connectivity index (χ2n) is 7.31. The predicted molar refractivity (Wildman–Crippen MR) is 123 cm³/mol. The first-order valence-corrected chi connectivity index (χ1v) is 11.8. The van der Waals surface area contributed by atoms with Gasteiger partial charge in [0.05, 0.1) is 7.11 Å². The van der Waals surface area contributed by atoms with Crippen LogP contribution in [0.2, 0.25) is 5.02 Å². The molecule has 0 spiro atoms. The topological polar surface area (TPSA) is 101 Å². The normalized spacial score (nSPS) is 14.9. The quantitative estimate of drug-likeness (QED) is 0.581. The molecular weight excluding hydrogens is 452 g/mol. The number of hydrogen-bond acceptors (Lipinski definition) is 8. The van der Waals surface area contributed by atoms with Gasteiger partial charge in [-0.1, -0.05) is 11.6 Å². The molecule has 0 unspecified atom stereocenters. The summed E-state index contributed by atoms with van der Waals surface area (Å²) >= 11 is 6.02. The molecule has 0 amide bonds. The number of sulfonamides is 1. The highest BCUT2D eigenvalue weighted by atomic mass is 35.5. The van der Waals surface area contributed by atoms with E-state index < -0.39 is 10.0 Å². The lowest BCUT2D eigenvalue weighted by atomic mass is 10.3. The van der Waals surface area contributed by atoms with Gasteiger partial charge in [-0.25, -0.2) is 13.4 Å². The summed E-state index contributed by atoms with van der Waals surface area (Å²) in [4.78, 5) is 6.33. The Labute approximate surface area is 192 Å². The summed E-state index contributed by atoms with van der Waals surface area (Å²) in [6, 6.07) is 12.1. The van der Waals surface area contributed by atoms with Gasteiger partial charge in [-0.15, -0.1) is 10.2 Å². The van der Waals surface area contributed by atoms with Gasteiger partial charge in [0, 0.05) is 37.4 Å². The standard InChI is InChI=1S/C21H23ClN6O3S/c1-15-7-8-23-20(13-15)24-19-5-6-21(26-25-19)27-9-11-28(12-10-27)32(29,30)18-14-16(22)3-4-17(18)31-2/h3-8,13-14H,9-12H2,1-2H3,(H,23,24,25). The van der Waals surface area contributed by atoms with E-state index in [2.05, 4.69) is 20.5 Å². The first-order chi connectivity index (χ1) is 15.4. The van der Waals surface area contributed by atoms with Gasteiger partial charge in [0.15, 0.2) is 11.6 Å². The van der Waals surface area contributed by atoms with Crippen LogP contribution in [0.5, 0.6) is 5.75 Å². The van der Waals surface area contributed by atoms with Crippen molar-refractivity contribution in [2.75, 3.05) is 43.5 Å². The van der Waals surface area contributed by atoms with Crippen LogP contribution >= 0.6 is 11.6 Å². The number of halogens is 1. The fourth-order valence-electron chi connectivity index (χ4n) is 3.45. The fraction of sp³-hybridized carbons (Fsp3) is 0.286. The van der Waals surface area contributed by atoms with E-state index in [0.29, 0.717) is 48.7 Å². The molecule has 3 aromatic rings. The first-order valence-electron chi connectivity index (χ1n) is 9.99. The molecule has 4 rings (SSSR count). The summed E-state index contributed by atoms with van der Waals surface area (Å²) in [6.07, 6.45) is 1.73. The maximum absolute atomic E-state index is 13.1. The van der Waals surface area contributed by atoms with Crippen LogP contribution < -0.4 is 15.0 Å². The van der Waals surface area contributed by atoms with Crippen molar-refractivity contribution in [3.8, 4) is 5.75 Å². The molecule has 1 fully saturated rings. The Hall–Kier alpha value is -2.95. The van der Waals surface area contributed by atoms with Gasteiger partial charge in [0.1, 0.15) is 16.5 Å². The zero-order chi connectivity index (χ0) is 22.7. The smallest absolute Gasteiger partial charge is 0.246 e. The van der Waals surface area contributed by atoms with Crippen molar-refractivity contribution in [3.63, 3.8) is 0 Å². The molecule has 1 N–H and O–H groups in total. The Balaban J connectivity index is 1.42. The minimum Gasteiger partial charge on any atom is -0.495 e. The molecule has 0 radical (unpaired) electrons. The zero-order valence-corrected chi connectivity index (χ0v) is 19.3. The van der Waals surface area contributed by atoms with E-state index in [1.54, 1.807) is 18.3 Å². The summed E-state index contributed by atoms with van der Waals surface area (Å²) in [7, 11) is -2.30. The van der Waals surface area contributed by atoms with Gasteiger partial charge in [-0.3, -0.25) is 0 Å². The highest BCUT2D eigenvalue weighted by molar-refractivity contribution is 7.89. The maximum atomic E-state index is 13.1. The number of methoxy groups -OCH3 is 1. The number of rotatable bonds is 6. The highest BCUT2D eigenvalue weighted by Gasteiger charge is 2.31. The molecule has 3 heterocycles. The van der Waals surface area contributed by atoms with Crippen molar-refractivity contribution in [2.45, 2.75) is 11.8 Å². The molecule has 1 aliphatic rings. The number of hydrogen-bond donors (Lipinski definition) is 1. The van der Waals surface area contributed by atoms with E-state index in [1.807, 2.05) is 36.1 Å². The molecule has 11 heteroatoms. The van der Waals surface area contributed by atoms with Gasteiger partial charge >= 0.3 is 0 Å². The second-order valence-corrected chi connectivity index (χ2v) is 9.65. The largest absolute Gasteiger partial charge is 0.495 e. The summed E-state index contributed by atoms with van der Waals surface area (Å²) in [5, 5.41) is 12.0. The number of anilines is 3. The lowest BCUT2D eigenvalue weighted by Crippen LogP contribution is -2.49. The number of nitrogens with zero attached hydrogens (tertiary/aromatic N) is 5. The van der Waals surface area contributed by atoms with Crippen LogP contribution in [0, 0.1) is 6.92 Å². The lowest BCUT2D eigenvalue weighted by molar-refractivity contribution is 0.373. The van der Waals surface area contributed by atoms with Crippen LogP contribution in [0.25, 0.3) is 0 Å². The molecule has 1 aliphatic heterocycles. The van der Waals surface area contributed by atoms with Crippen LogP contribution in [0.3, 0.4) is 0 Å². The monoisotopic (exact) mass is 474 g/mol. The van der Waals surface area contributed by atoms with Crippen molar-refractivity contribution in [2.24, 2.45) is 0 Å². The van der Waals surface area contributed by atoms with Gasteiger partial charge in [-0.05, 0) is 55.0 Å². The Bertz CT molecular complexity index is 1200. The predicted octanol–water partition coefficient (Wildman–Crippen LogP) is 3.10. The summed E-state index contributed by atoms with van der Waals surface area (Å²) < 4.78 is 32.9. The minimum atomic E-state index is -3.73. The number of aromatic nitrogens is 3. The number of ether oxygens (including phenoxy) is 1. The third kappa shape index (κ3) is 4.77. The highest BCUT2D eigenvalue weighted by Crippen LogP contribution is 2.30. The SMILES string of the molecule is COc1ccc(Cl)cc1S(=O)(=O)N1CCN(c2ccc(Nc3cc(C)ccn3)nn2)CC1. The molecule has 168 valence electrons. The summed E-state index contributed by atoms with van der Waals surface area (Å²) in [5.74, 6) is 2.24. The minimum absolute atomic E-state index is 0.0703. The molecule has 32 heavy (non-hydrogen) atoms. The number of pyridine rings is 1. The van der Waals surface area contributed by atoms with E-state index in [1.165, 1.54) is 17.5 Å². The maximum Gasteiger partial charge on any atom is 0.246 e. The van der Waals surface area contributed by atoms with E-state index in [4.69, 9.17) is 16.3 Å². The molecule has 0 atom stereocenters. The molecule has 9 nitrogen and oxygen atoms in total.